The van der Waals surface area contributed by atoms with Crippen LogP contribution in [0.2, 0.25) is 0 Å². The predicted molar refractivity (Wildman–Crippen MR) is 88.6 cm³/mol. The summed E-state index contributed by atoms with van der Waals surface area (Å²) in [4.78, 5) is 6.15. The number of hydrogen-bond acceptors (Lipinski definition) is 3. The van der Waals surface area contributed by atoms with Crippen molar-refractivity contribution in [3.8, 4) is 20.2 Å². The van der Waals surface area contributed by atoms with E-state index < -0.39 is 0 Å². The van der Waals surface area contributed by atoms with Gasteiger partial charge in [0.15, 0.2) is 12.4 Å². The lowest BCUT2D eigenvalue weighted by atomic mass is 10.2. The van der Waals surface area contributed by atoms with Crippen LogP contribution in [-0.2, 0) is 7.05 Å². The molecule has 20 heavy (non-hydrogen) atoms. The van der Waals surface area contributed by atoms with Crippen LogP contribution in [0.5, 0.6) is 0 Å². The van der Waals surface area contributed by atoms with E-state index in [1.807, 2.05) is 29.7 Å². The third-order valence-corrected chi connectivity index (χ3v) is 5.73. The van der Waals surface area contributed by atoms with Gasteiger partial charge in [-0.2, -0.15) is 0 Å². The van der Waals surface area contributed by atoms with Crippen molar-refractivity contribution < 1.29 is 4.57 Å². The summed E-state index contributed by atoms with van der Waals surface area (Å²) in [5.74, 6) is 0. The lowest BCUT2D eigenvalue weighted by Crippen LogP contribution is -2.25. The van der Waals surface area contributed by atoms with Gasteiger partial charge in [0, 0.05) is 46.4 Å². The average molecular weight is 301 g/mol. The van der Waals surface area contributed by atoms with Gasteiger partial charge in [0.05, 0.1) is 5.00 Å². The maximum absolute atomic E-state index is 2.22. The van der Waals surface area contributed by atoms with Crippen LogP contribution in [0, 0.1) is 0 Å². The van der Waals surface area contributed by atoms with E-state index >= 15 is 0 Å². The minimum Gasteiger partial charge on any atom is -0.370 e. The summed E-state index contributed by atoms with van der Waals surface area (Å²) in [6, 6.07) is 13.1. The second-order valence-electron chi connectivity index (χ2n) is 4.95. The van der Waals surface area contributed by atoms with Gasteiger partial charge >= 0.3 is 0 Å². The number of aromatic nitrogens is 1. The molecule has 0 aliphatic rings. The fraction of sp³-hybridized carbons (Fsp3) is 0.188. The van der Waals surface area contributed by atoms with E-state index in [9.17, 15) is 0 Å². The molecular weight excluding hydrogens is 284 g/mol. The number of anilines is 1. The number of nitrogens with zero attached hydrogens (tertiary/aromatic N) is 2. The first-order valence-corrected chi connectivity index (χ1v) is 8.10. The summed E-state index contributed by atoms with van der Waals surface area (Å²) in [6.45, 7) is 0. The second kappa shape index (κ2) is 5.38. The highest BCUT2D eigenvalue weighted by atomic mass is 32.1. The predicted octanol–water partition coefficient (Wildman–Crippen LogP) is 4.03. The molecule has 0 aromatic carbocycles. The van der Waals surface area contributed by atoms with E-state index in [2.05, 4.69) is 72.4 Å². The normalized spacial score (nSPS) is 10.8. The number of rotatable bonds is 3. The molecule has 3 aromatic rings. The van der Waals surface area contributed by atoms with Gasteiger partial charge in [-0.05, 0) is 24.3 Å². The van der Waals surface area contributed by atoms with Crippen molar-refractivity contribution in [1.82, 2.24) is 0 Å². The Balaban J connectivity index is 1.91. The molecule has 0 radical (unpaired) electrons. The number of hydrogen-bond donors (Lipinski definition) is 0. The molecule has 4 heteroatoms. The van der Waals surface area contributed by atoms with Crippen LogP contribution in [-0.4, -0.2) is 14.1 Å². The molecule has 102 valence electrons. The Hall–Kier alpha value is -1.65. The van der Waals surface area contributed by atoms with E-state index in [-0.39, 0.29) is 0 Å². The molecule has 3 rings (SSSR count). The summed E-state index contributed by atoms with van der Waals surface area (Å²) >= 11 is 3.69. The van der Waals surface area contributed by atoms with Gasteiger partial charge in [0.2, 0.25) is 0 Å². The standard InChI is InChI=1S/C16H17N2S2/c1-17(2)16-7-6-15(20-16)14-5-4-13(19-14)12-8-10-18(3)11-9-12/h4-11H,1-3H3/q+1. The molecule has 0 aliphatic carbocycles. The van der Waals surface area contributed by atoms with Crippen LogP contribution in [0.1, 0.15) is 0 Å². The SMILES string of the molecule is CN(C)c1ccc(-c2ccc(-c3cc[n+](C)cc3)s2)s1. The van der Waals surface area contributed by atoms with Crippen LogP contribution in [0.25, 0.3) is 20.2 Å². The van der Waals surface area contributed by atoms with Crippen molar-refractivity contribution >= 4 is 27.7 Å². The van der Waals surface area contributed by atoms with Crippen LogP contribution < -0.4 is 9.47 Å². The molecule has 0 aliphatic heterocycles. The Morgan fingerprint density at radius 3 is 2.05 bits per heavy atom. The first kappa shape index (κ1) is 13.3. The number of aryl methyl sites for hydroxylation is 1. The van der Waals surface area contributed by atoms with E-state index in [1.54, 1.807) is 0 Å². The van der Waals surface area contributed by atoms with Crippen molar-refractivity contribution in [3.05, 3.63) is 48.8 Å². The molecule has 3 aromatic heterocycles. The molecule has 0 atom stereocenters. The fourth-order valence-corrected chi connectivity index (χ4v) is 4.02. The Labute approximate surface area is 127 Å². The first-order chi connectivity index (χ1) is 9.63. The van der Waals surface area contributed by atoms with Gasteiger partial charge in [-0.3, -0.25) is 0 Å². The van der Waals surface area contributed by atoms with Crippen molar-refractivity contribution in [1.29, 1.82) is 0 Å². The highest BCUT2D eigenvalue weighted by Gasteiger charge is 2.09. The maximum Gasteiger partial charge on any atom is 0.169 e. The molecule has 2 nitrogen and oxygen atoms in total. The van der Waals surface area contributed by atoms with E-state index in [0.717, 1.165) is 0 Å². The highest BCUT2D eigenvalue weighted by Crippen LogP contribution is 2.39. The van der Waals surface area contributed by atoms with Gasteiger partial charge in [-0.1, -0.05) is 0 Å². The Bertz CT molecular complexity index is 708. The molecule has 0 saturated carbocycles. The zero-order valence-corrected chi connectivity index (χ0v) is 13.5. The number of thiophene rings is 2. The van der Waals surface area contributed by atoms with Gasteiger partial charge in [0.1, 0.15) is 7.05 Å². The van der Waals surface area contributed by atoms with Crippen LogP contribution in [0.3, 0.4) is 0 Å². The summed E-state index contributed by atoms with van der Waals surface area (Å²) in [7, 11) is 6.21. The highest BCUT2D eigenvalue weighted by molar-refractivity contribution is 7.25. The van der Waals surface area contributed by atoms with Crippen molar-refractivity contribution in [2.75, 3.05) is 19.0 Å². The summed E-state index contributed by atoms with van der Waals surface area (Å²) in [6.07, 6.45) is 4.17. The molecule has 0 saturated heterocycles. The topological polar surface area (TPSA) is 7.12 Å². The minimum atomic E-state index is 1.28. The van der Waals surface area contributed by atoms with Crippen LogP contribution in [0.15, 0.2) is 48.8 Å². The number of pyridine rings is 1. The van der Waals surface area contributed by atoms with Crippen molar-refractivity contribution in [2.24, 2.45) is 7.05 Å². The molecular formula is C16H17N2S2+. The summed E-state index contributed by atoms with van der Waals surface area (Å²) < 4.78 is 2.06. The third kappa shape index (κ3) is 2.62. The molecule has 3 heterocycles. The Kier molecular flexibility index (Phi) is 3.59. The molecule has 0 bridgehead atoms. The third-order valence-electron chi connectivity index (χ3n) is 3.14. The van der Waals surface area contributed by atoms with Gasteiger partial charge in [-0.15, -0.1) is 22.7 Å². The van der Waals surface area contributed by atoms with Gasteiger partial charge in [0.25, 0.3) is 0 Å². The minimum absolute atomic E-state index is 1.28. The Morgan fingerprint density at radius 2 is 1.40 bits per heavy atom. The maximum atomic E-state index is 2.22. The first-order valence-electron chi connectivity index (χ1n) is 6.46. The van der Waals surface area contributed by atoms with Crippen molar-refractivity contribution in [3.63, 3.8) is 0 Å². The van der Waals surface area contributed by atoms with E-state index in [0.29, 0.717) is 0 Å². The van der Waals surface area contributed by atoms with Crippen LogP contribution >= 0.6 is 22.7 Å². The zero-order chi connectivity index (χ0) is 14.1. The smallest absolute Gasteiger partial charge is 0.169 e. The molecule has 0 N–H and O–H groups in total. The lowest BCUT2D eigenvalue weighted by Gasteiger charge is -2.06. The second-order valence-corrected chi connectivity index (χ2v) is 7.09. The Morgan fingerprint density at radius 1 is 0.800 bits per heavy atom. The quantitative estimate of drug-likeness (QED) is 0.662. The monoisotopic (exact) mass is 301 g/mol. The van der Waals surface area contributed by atoms with Gasteiger partial charge < -0.3 is 4.90 Å². The average Bonchev–Trinajstić information content (AvgIpc) is 3.08. The molecule has 0 amide bonds. The van der Waals surface area contributed by atoms with E-state index in [4.69, 9.17) is 0 Å². The zero-order valence-electron chi connectivity index (χ0n) is 11.8. The molecule has 0 spiro atoms. The lowest BCUT2D eigenvalue weighted by molar-refractivity contribution is -0.671. The molecule has 0 fully saturated rings. The van der Waals surface area contributed by atoms with Crippen molar-refractivity contribution in [2.45, 2.75) is 0 Å². The van der Waals surface area contributed by atoms with E-state index in [1.165, 1.54) is 25.2 Å². The fourth-order valence-electron chi connectivity index (χ4n) is 1.99. The van der Waals surface area contributed by atoms with Crippen LogP contribution in [0.4, 0.5) is 5.00 Å². The summed E-state index contributed by atoms with van der Waals surface area (Å²) in [5.41, 5.74) is 1.28. The molecule has 0 unspecified atom stereocenters. The largest absolute Gasteiger partial charge is 0.370 e. The van der Waals surface area contributed by atoms with Gasteiger partial charge in [-0.25, -0.2) is 4.57 Å². The summed E-state index contributed by atoms with van der Waals surface area (Å²) in [5, 5.41) is 1.29.